The molecule has 0 bridgehead atoms. The van der Waals surface area contributed by atoms with Crippen molar-refractivity contribution in [3.8, 4) is 0 Å². The summed E-state index contributed by atoms with van der Waals surface area (Å²) in [6.07, 6.45) is 0.553. The minimum atomic E-state index is -3.11. The van der Waals surface area contributed by atoms with Gasteiger partial charge in [-0.15, -0.1) is 0 Å². The van der Waals surface area contributed by atoms with E-state index in [9.17, 15) is 13.2 Å². The number of hydrogen-bond acceptors (Lipinski definition) is 4. The van der Waals surface area contributed by atoms with Gasteiger partial charge >= 0.3 is 0 Å². The first-order valence-electron chi connectivity index (χ1n) is 6.26. The monoisotopic (exact) mass is 284 g/mol. The van der Waals surface area contributed by atoms with Gasteiger partial charge in [-0.25, -0.2) is 8.42 Å². The van der Waals surface area contributed by atoms with Crippen molar-refractivity contribution in [3.05, 3.63) is 29.8 Å². The molecular weight excluding hydrogens is 264 g/mol. The Morgan fingerprint density at radius 1 is 1.32 bits per heavy atom. The Kier molecular flexibility index (Phi) is 5.98. The minimum absolute atomic E-state index is 0.0187. The predicted molar refractivity (Wildman–Crippen MR) is 76.5 cm³/mol. The molecule has 0 radical (unpaired) electrons. The van der Waals surface area contributed by atoms with E-state index in [0.717, 1.165) is 5.56 Å². The molecule has 5 nitrogen and oxygen atoms in total. The van der Waals surface area contributed by atoms with E-state index in [1.165, 1.54) is 0 Å². The van der Waals surface area contributed by atoms with Crippen LogP contribution in [0.15, 0.2) is 24.3 Å². The van der Waals surface area contributed by atoms with E-state index in [1.54, 1.807) is 25.1 Å². The smallest absolute Gasteiger partial charge is 0.225 e. The number of carbonyl (C=O) groups excluding carboxylic acids is 1. The first kappa shape index (κ1) is 15.7. The van der Waals surface area contributed by atoms with Crippen molar-refractivity contribution in [3.63, 3.8) is 0 Å². The van der Waals surface area contributed by atoms with Gasteiger partial charge in [0.2, 0.25) is 5.91 Å². The quantitative estimate of drug-likeness (QED) is 0.789. The molecule has 1 amide bonds. The summed E-state index contributed by atoms with van der Waals surface area (Å²) in [4.78, 5) is 11.7. The molecule has 0 spiro atoms. The summed E-state index contributed by atoms with van der Waals surface area (Å²) in [5.41, 5.74) is 7.06. The van der Waals surface area contributed by atoms with Crippen LogP contribution in [0.25, 0.3) is 0 Å². The second-order valence-corrected chi connectivity index (χ2v) is 6.66. The lowest BCUT2D eigenvalue weighted by atomic mass is 10.2. The summed E-state index contributed by atoms with van der Waals surface area (Å²) in [6.45, 7) is 2.20. The van der Waals surface area contributed by atoms with E-state index in [0.29, 0.717) is 18.7 Å². The van der Waals surface area contributed by atoms with Crippen LogP contribution in [0.5, 0.6) is 0 Å². The lowest BCUT2D eigenvalue weighted by Gasteiger charge is -2.07. The minimum Gasteiger partial charge on any atom is -0.326 e. The molecular formula is C13H20N2O3S. The first-order chi connectivity index (χ1) is 8.96. The third kappa shape index (κ3) is 5.85. The lowest BCUT2D eigenvalue weighted by Crippen LogP contribution is -2.19. The van der Waals surface area contributed by atoms with E-state index in [-0.39, 0.29) is 23.8 Å². The third-order valence-corrected chi connectivity index (χ3v) is 4.46. The van der Waals surface area contributed by atoms with Crippen molar-refractivity contribution in [2.45, 2.75) is 26.3 Å². The van der Waals surface area contributed by atoms with Crippen LogP contribution in [0.1, 0.15) is 25.3 Å². The molecule has 0 aliphatic carbocycles. The van der Waals surface area contributed by atoms with Gasteiger partial charge in [0.15, 0.2) is 9.84 Å². The second-order valence-electron chi connectivity index (χ2n) is 4.35. The molecule has 0 saturated heterocycles. The number of nitrogens with two attached hydrogens (primary N) is 1. The first-order valence-corrected chi connectivity index (χ1v) is 8.08. The van der Waals surface area contributed by atoms with Gasteiger partial charge in [0, 0.05) is 24.4 Å². The zero-order chi connectivity index (χ0) is 14.3. The van der Waals surface area contributed by atoms with Crippen molar-refractivity contribution in [1.82, 2.24) is 0 Å². The third-order valence-electron chi connectivity index (χ3n) is 2.60. The Bertz CT molecular complexity index is 526. The molecule has 1 aromatic carbocycles. The fourth-order valence-electron chi connectivity index (χ4n) is 1.66. The van der Waals surface area contributed by atoms with Gasteiger partial charge in [-0.05, 0) is 24.1 Å². The average Bonchev–Trinajstić information content (AvgIpc) is 2.37. The fourth-order valence-corrected chi connectivity index (χ4v) is 2.98. The summed E-state index contributed by atoms with van der Waals surface area (Å²) in [7, 11) is -3.11. The summed E-state index contributed by atoms with van der Waals surface area (Å²) < 4.78 is 23.0. The molecule has 0 aliphatic rings. The number of sulfone groups is 1. The van der Waals surface area contributed by atoms with Crippen LogP contribution in [0.4, 0.5) is 5.69 Å². The molecule has 106 valence electrons. The molecule has 1 aromatic rings. The van der Waals surface area contributed by atoms with Crippen LogP contribution in [-0.4, -0.2) is 25.8 Å². The zero-order valence-electron chi connectivity index (χ0n) is 11.1. The highest BCUT2D eigenvalue weighted by Gasteiger charge is 2.12. The van der Waals surface area contributed by atoms with E-state index in [2.05, 4.69) is 5.32 Å². The Hall–Kier alpha value is -1.40. The Balaban J connectivity index is 2.51. The Morgan fingerprint density at radius 2 is 2.05 bits per heavy atom. The normalized spacial score (nSPS) is 11.3. The maximum Gasteiger partial charge on any atom is 0.225 e. The van der Waals surface area contributed by atoms with Gasteiger partial charge in [0.25, 0.3) is 0 Å². The van der Waals surface area contributed by atoms with Gasteiger partial charge in [-0.3, -0.25) is 4.79 Å². The van der Waals surface area contributed by atoms with Crippen LogP contribution in [0.3, 0.4) is 0 Å². The molecule has 0 atom stereocenters. The molecule has 0 saturated carbocycles. The number of nitrogens with one attached hydrogen (secondary N) is 1. The predicted octanol–water partition coefficient (Wildman–Crippen LogP) is 1.30. The Labute approximate surface area is 114 Å². The van der Waals surface area contributed by atoms with Crippen LogP contribution in [0.2, 0.25) is 0 Å². The number of carbonyl (C=O) groups is 1. The van der Waals surface area contributed by atoms with Crippen molar-refractivity contribution in [1.29, 1.82) is 0 Å². The van der Waals surface area contributed by atoms with E-state index in [1.807, 2.05) is 6.07 Å². The van der Waals surface area contributed by atoms with Crippen LogP contribution in [-0.2, 0) is 21.2 Å². The lowest BCUT2D eigenvalue weighted by molar-refractivity contribution is -0.115. The van der Waals surface area contributed by atoms with E-state index in [4.69, 9.17) is 5.73 Å². The second kappa shape index (κ2) is 7.25. The van der Waals surface area contributed by atoms with Crippen molar-refractivity contribution < 1.29 is 13.2 Å². The van der Waals surface area contributed by atoms with Crippen molar-refractivity contribution in [2.24, 2.45) is 5.73 Å². The van der Waals surface area contributed by atoms with E-state index >= 15 is 0 Å². The van der Waals surface area contributed by atoms with Crippen molar-refractivity contribution >= 4 is 21.4 Å². The highest BCUT2D eigenvalue weighted by molar-refractivity contribution is 7.91. The number of anilines is 1. The maximum atomic E-state index is 11.7. The Morgan fingerprint density at radius 3 is 2.68 bits per heavy atom. The molecule has 0 fully saturated rings. The maximum absolute atomic E-state index is 11.7. The largest absolute Gasteiger partial charge is 0.326 e. The number of benzene rings is 1. The van der Waals surface area contributed by atoms with Crippen molar-refractivity contribution in [2.75, 3.05) is 16.8 Å². The molecule has 0 unspecified atom stereocenters. The molecule has 0 aliphatic heterocycles. The molecule has 3 N–H and O–H groups in total. The number of amides is 1. The van der Waals surface area contributed by atoms with Gasteiger partial charge in [0.05, 0.1) is 5.75 Å². The van der Waals surface area contributed by atoms with Crippen LogP contribution < -0.4 is 11.1 Å². The molecule has 1 rings (SSSR count). The standard InChI is InChI=1S/C13H20N2O3S/c1-2-7-19(17,18)8-6-13(16)15-12-5-3-4-11(9-12)10-14/h3-5,9H,2,6-8,10,14H2,1H3,(H,15,16). The average molecular weight is 284 g/mol. The molecule has 0 heterocycles. The topological polar surface area (TPSA) is 89.3 Å². The number of hydrogen-bond donors (Lipinski definition) is 2. The van der Waals surface area contributed by atoms with Crippen LogP contribution >= 0.6 is 0 Å². The van der Waals surface area contributed by atoms with E-state index < -0.39 is 9.84 Å². The number of rotatable bonds is 7. The summed E-state index contributed by atoms with van der Waals surface area (Å²) in [5.74, 6) is -0.277. The highest BCUT2D eigenvalue weighted by Crippen LogP contribution is 2.10. The van der Waals surface area contributed by atoms with Gasteiger partial charge in [-0.1, -0.05) is 19.1 Å². The summed E-state index contributed by atoms with van der Waals surface area (Å²) >= 11 is 0. The van der Waals surface area contributed by atoms with Gasteiger partial charge < -0.3 is 11.1 Å². The molecule has 6 heteroatoms. The summed E-state index contributed by atoms with van der Waals surface area (Å²) in [6, 6.07) is 7.18. The fraction of sp³-hybridized carbons (Fsp3) is 0.462. The van der Waals surface area contributed by atoms with Gasteiger partial charge in [0.1, 0.15) is 0 Å². The zero-order valence-corrected chi connectivity index (χ0v) is 11.9. The van der Waals surface area contributed by atoms with Gasteiger partial charge in [-0.2, -0.15) is 0 Å². The van der Waals surface area contributed by atoms with Crippen LogP contribution in [0, 0.1) is 0 Å². The molecule has 19 heavy (non-hydrogen) atoms. The SMILES string of the molecule is CCCS(=O)(=O)CCC(=O)Nc1cccc(CN)c1. The molecule has 0 aromatic heterocycles. The highest BCUT2D eigenvalue weighted by atomic mass is 32.2. The summed E-state index contributed by atoms with van der Waals surface area (Å²) in [5, 5.41) is 2.67.